The van der Waals surface area contributed by atoms with Crippen molar-refractivity contribution >= 4 is 28.7 Å². The van der Waals surface area contributed by atoms with Crippen molar-refractivity contribution in [2.45, 2.75) is 18.8 Å². The third-order valence-corrected chi connectivity index (χ3v) is 3.50. The normalized spacial score (nSPS) is 19.1. The number of primary amides is 1. The second-order valence-corrected chi connectivity index (χ2v) is 4.77. The van der Waals surface area contributed by atoms with Gasteiger partial charge >= 0.3 is 0 Å². The summed E-state index contributed by atoms with van der Waals surface area (Å²) in [4.78, 5) is 34.3. The minimum Gasteiger partial charge on any atom is -0.464 e. The highest BCUT2D eigenvalue weighted by atomic mass is 16.3. The maximum atomic E-state index is 11.9. The maximum absolute atomic E-state index is 11.9. The number of hydrogen-bond acceptors (Lipinski definition) is 4. The standard InChI is InChI=1S/C14H12N2O4/c15-13(18)7-1-3-11-9(5-7)10(6-20-11)8-2-4-12(17)16-14(8)19/h1,3,5-6,8H,2,4H2,(H2,15,18)(H,16,17,19). The fourth-order valence-corrected chi connectivity index (χ4v) is 2.46. The highest BCUT2D eigenvalue weighted by molar-refractivity contribution is 6.03. The van der Waals surface area contributed by atoms with Crippen LogP contribution in [0.4, 0.5) is 0 Å². The predicted molar refractivity (Wildman–Crippen MR) is 69.9 cm³/mol. The van der Waals surface area contributed by atoms with Crippen LogP contribution in [0.1, 0.15) is 34.7 Å². The summed E-state index contributed by atoms with van der Waals surface area (Å²) < 4.78 is 5.40. The Kier molecular flexibility index (Phi) is 2.78. The first-order valence-corrected chi connectivity index (χ1v) is 6.21. The Morgan fingerprint density at radius 2 is 2.15 bits per heavy atom. The lowest BCUT2D eigenvalue weighted by atomic mass is 9.90. The SMILES string of the molecule is NC(=O)c1ccc2occ(C3CCC(=O)NC3=O)c2c1. The third kappa shape index (κ3) is 1.95. The van der Waals surface area contributed by atoms with E-state index in [0.29, 0.717) is 34.9 Å². The molecular formula is C14H12N2O4. The molecule has 2 heterocycles. The van der Waals surface area contributed by atoms with Gasteiger partial charge in [-0.1, -0.05) is 0 Å². The van der Waals surface area contributed by atoms with Crippen molar-refractivity contribution in [3.05, 3.63) is 35.6 Å². The number of fused-ring (bicyclic) bond motifs is 1. The summed E-state index contributed by atoms with van der Waals surface area (Å²) in [7, 11) is 0. The lowest BCUT2D eigenvalue weighted by Gasteiger charge is -2.19. The summed E-state index contributed by atoms with van der Waals surface area (Å²) in [5, 5.41) is 2.99. The summed E-state index contributed by atoms with van der Waals surface area (Å²) in [5.41, 5.74) is 6.86. The van der Waals surface area contributed by atoms with E-state index in [2.05, 4.69) is 5.32 Å². The highest BCUT2D eigenvalue weighted by Crippen LogP contribution is 2.32. The number of furan rings is 1. The average Bonchev–Trinajstić information content (AvgIpc) is 2.81. The van der Waals surface area contributed by atoms with Gasteiger partial charge < -0.3 is 10.2 Å². The van der Waals surface area contributed by atoms with Crippen LogP contribution < -0.4 is 11.1 Å². The van der Waals surface area contributed by atoms with Gasteiger partial charge in [0.2, 0.25) is 17.7 Å². The van der Waals surface area contributed by atoms with Crippen molar-refractivity contribution in [3.63, 3.8) is 0 Å². The number of rotatable bonds is 2. The van der Waals surface area contributed by atoms with Crippen LogP contribution in [-0.2, 0) is 9.59 Å². The molecule has 1 aromatic heterocycles. The van der Waals surface area contributed by atoms with Crippen LogP contribution in [0.2, 0.25) is 0 Å². The second-order valence-electron chi connectivity index (χ2n) is 4.77. The number of benzene rings is 1. The molecule has 1 saturated heterocycles. The number of carbonyl (C=O) groups is 3. The Bertz CT molecular complexity index is 732. The molecule has 1 atom stereocenters. The van der Waals surface area contributed by atoms with E-state index < -0.39 is 11.8 Å². The molecule has 1 aromatic carbocycles. The fourth-order valence-electron chi connectivity index (χ4n) is 2.46. The van der Waals surface area contributed by atoms with Gasteiger partial charge in [0.05, 0.1) is 12.2 Å². The summed E-state index contributed by atoms with van der Waals surface area (Å²) >= 11 is 0. The summed E-state index contributed by atoms with van der Waals surface area (Å²) in [5.74, 6) is -1.59. The van der Waals surface area contributed by atoms with Gasteiger partial charge in [0.25, 0.3) is 0 Å². The van der Waals surface area contributed by atoms with Gasteiger partial charge in [-0.2, -0.15) is 0 Å². The molecule has 0 radical (unpaired) electrons. The quantitative estimate of drug-likeness (QED) is 0.797. The highest BCUT2D eigenvalue weighted by Gasteiger charge is 2.30. The van der Waals surface area contributed by atoms with E-state index in [0.717, 1.165) is 0 Å². The van der Waals surface area contributed by atoms with Crippen LogP contribution in [0.15, 0.2) is 28.9 Å². The van der Waals surface area contributed by atoms with Crippen molar-refractivity contribution in [1.82, 2.24) is 5.32 Å². The number of hydrogen-bond donors (Lipinski definition) is 2. The molecule has 3 N–H and O–H groups in total. The minimum atomic E-state index is -0.540. The zero-order valence-corrected chi connectivity index (χ0v) is 10.5. The Morgan fingerprint density at radius 3 is 2.85 bits per heavy atom. The smallest absolute Gasteiger partial charge is 0.248 e. The van der Waals surface area contributed by atoms with Crippen LogP contribution in [0.5, 0.6) is 0 Å². The molecule has 20 heavy (non-hydrogen) atoms. The molecule has 1 unspecified atom stereocenters. The van der Waals surface area contributed by atoms with Crippen LogP contribution >= 0.6 is 0 Å². The topological polar surface area (TPSA) is 102 Å². The molecule has 6 nitrogen and oxygen atoms in total. The number of imide groups is 1. The van der Waals surface area contributed by atoms with E-state index in [9.17, 15) is 14.4 Å². The Hall–Kier alpha value is -2.63. The van der Waals surface area contributed by atoms with Crippen LogP contribution in [0.3, 0.4) is 0 Å². The number of nitrogens with one attached hydrogen (secondary N) is 1. The van der Waals surface area contributed by atoms with Gasteiger partial charge in [-0.25, -0.2) is 0 Å². The summed E-state index contributed by atoms with van der Waals surface area (Å²) in [6.07, 6.45) is 2.22. The van der Waals surface area contributed by atoms with E-state index in [1.807, 2.05) is 0 Å². The summed E-state index contributed by atoms with van der Waals surface area (Å²) in [6, 6.07) is 4.83. The minimum absolute atomic E-state index is 0.267. The molecule has 1 aliphatic rings. The number of amides is 3. The molecule has 1 fully saturated rings. The number of carbonyl (C=O) groups excluding carboxylic acids is 3. The molecule has 2 aromatic rings. The van der Waals surface area contributed by atoms with E-state index in [1.165, 1.54) is 6.26 Å². The molecule has 0 aliphatic carbocycles. The lowest BCUT2D eigenvalue weighted by Crippen LogP contribution is -2.39. The monoisotopic (exact) mass is 272 g/mol. The molecular weight excluding hydrogens is 260 g/mol. The predicted octanol–water partition coefficient (Wildman–Crippen LogP) is 1.05. The molecule has 102 valence electrons. The largest absolute Gasteiger partial charge is 0.464 e. The first kappa shape index (κ1) is 12.4. The van der Waals surface area contributed by atoms with Gasteiger partial charge in [-0.05, 0) is 24.6 Å². The fraction of sp³-hybridized carbons (Fsp3) is 0.214. The number of nitrogens with two attached hydrogens (primary N) is 1. The molecule has 0 bridgehead atoms. The molecule has 1 aliphatic heterocycles. The van der Waals surface area contributed by atoms with Crippen molar-refractivity contribution in [2.75, 3.05) is 0 Å². The van der Waals surface area contributed by atoms with Crippen molar-refractivity contribution < 1.29 is 18.8 Å². The molecule has 3 rings (SSSR count). The maximum Gasteiger partial charge on any atom is 0.248 e. The van der Waals surface area contributed by atoms with Crippen molar-refractivity contribution in [2.24, 2.45) is 5.73 Å². The van der Waals surface area contributed by atoms with Crippen molar-refractivity contribution in [1.29, 1.82) is 0 Å². The van der Waals surface area contributed by atoms with Gasteiger partial charge in [-0.3, -0.25) is 19.7 Å². The van der Waals surface area contributed by atoms with Crippen LogP contribution in [-0.4, -0.2) is 17.7 Å². The first-order valence-electron chi connectivity index (χ1n) is 6.21. The zero-order valence-electron chi connectivity index (χ0n) is 10.5. The molecule has 0 saturated carbocycles. The summed E-state index contributed by atoms with van der Waals surface area (Å²) in [6.45, 7) is 0. The van der Waals surface area contributed by atoms with Gasteiger partial charge in [0.1, 0.15) is 5.58 Å². The van der Waals surface area contributed by atoms with Gasteiger partial charge in [-0.15, -0.1) is 0 Å². The molecule has 3 amide bonds. The number of piperidine rings is 1. The lowest BCUT2D eigenvalue weighted by molar-refractivity contribution is -0.134. The molecule has 0 spiro atoms. The van der Waals surface area contributed by atoms with E-state index in [-0.39, 0.29) is 11.8 Å². The zero-order chi connectivity index (χ0) is 14.3. The Balaban J connectivity index is 2.07. The average molecular weight is 272 g/mol. The Morgan fingerprint density at radius 1 is 1.35 bits per heavy atom. The van der Waals surface area contributed by atoms with Gasteiger partial charge in [0, 0.05) is 22.9 Å². The second kappa shape index (κ2) is 4.48. The van der Waals surface area contributed by atoms with Crippen LogP contribution in [0, 0.1) is 0 Å². The molecule has 6 heteroatoms. The van der Waals surface area contributed by atoms with Crippen molar-refractivity contribution in [3.8, 4) is 0 Å². The van der Waals surface area contributed by atoms with E-state index >= 15 is 0 Å². The van der Waals surface area contributed by atoms with E-state index in [1.54, 1.807) is 18.2 Å². The van der Waals surface area contributed by atoms with Crippen LogP contribution in [0.25, 0.3) is 11.0 Å². The first-order chi connectivity index (χ1) is 9.56. The van der Waals surface area contributed by atoms with E-state index in [4.69, 9.17) is 10.2 Å². The van der Waals surface area contributed by atoms with Gasteiger partial charge in [0.15, 0.2) is 0 Å². The Labute approximate surface area is 113 Å². The third-order valence-electron chi connectivity index (χ3n) is 3.50.